The first-order valence-corrected chi connectivity index (χ1v) is 10.5. The Bertz CT molecular complexity index is 847. The summed E-state index contributed by atoms with van der Waals surface area (Å²) in [5.74, 6) is 0.377. The fourth-order valence-corrected chi connectivity index (χ4v) is 3.77. The molecule has 1 aliphatic heterocycles. The van der Waals surface area contributed by atoms with Gasteiger partial charge in [-0.2, -0.15) is 0 Å². The highest BCUT2D eigenvalue weighted by molar-refractivity contribution is 9.10. The summed E-state index contributed by atoms with van der Waals surface area (Å²) in [6.07, 6.45) is 4.21. The van der Waals surface area contributed by atoms with Crippen LogP contribution in [0.2, 0.25) is 0 Å². The first-order chi connectivity index (χ1) is 13.6. The fraction of sp³-hybridized carbons (Fsp3) is 0.364. The Balaban J connectivity index is 1.57. The topological polar surface area (TPSA) is 58.6 Å². The van der Waals surface area contributed by atoms with Crippen LogP contribution in [0.5, 0.6) is 5.75 Å². The quantitative estimate of drug-likeness (QED) is 0.704. The van der Waals surface area contributed by atoms with E-state index in [4.69, 9.17) is 4.74 Å². The number of amides is 2. The highest BCUT2D eigenvalue weighted by Gasteiger charge is 2.18. The molecule has 0 aliphatic carbocycles. The van der Waals surface area contributed by atoms with E-state index in [0.29, 0.717) is 17.0 Å². The van der Waals surface area contributed by atoms with Crippen LogP contribution in [0.15, 0.2) is 46.9 Å². The molecule has 0 aromatic heterocycles. The average molecular weight is 445 g/mol. The van der Waals surface area contributed by atoms with Gasteiger partial charge in [-0.05, 0) is 77.5 Å². The summed E-state index contributed by atoms with van der Waals surface area (Å²) in [5, 5.41) is 2.80. The molecule has 6 heteroatoms. The number of hydrogen-bond donors (Lipinski definition) is 1. The summed E-state index contributed by atoms with van der Waals surface area (Å²) < 4.78 is 6.44. The third-order valence-electron chi connectivity index (χ3n) is 4.80. The van der Waals surface area contributed by atoms with Gasteiger partial charge in [0.05, 0.1) is 4.47 Å². The minimum Gasteiger partial charge on any atom is -0.483 e. The maximum Gasteiger partial charge on any atom is 0.262 e. The lowest BCUT2D eigenvalue weighted by molar-refractivity contribution is -0.118. The maximum absolute atomic E-state index is 12.6. The Morgan fingerprint density at radius 3 is 2.61 bits per heavy atom. The summed E-state index contributed by atoms with van der Waals surface area (Å²) in [4.78, 5) is 26.8. The number of nitrogens with zero attached hydrogens (tertiary/aromatic N) is 1. The molecule has 28 heavy (non-hydrogen) atoms. The van der Waals surface area contributed by atoms with Crippen LogP contribution in [-0.4, -0.2) is 36.4 Å². The number of aryl methyl sites for hydroxylation is 1. The number of halogens is 1. The van der Waals surface area contributed by atoms with E-state index in [1.807, 2.05) is 23.1 Å². The highest BCUT2D eigenvalue weighted by Crippen LogP contribution is 2.26. The van der Waals surface area contributed by atoms with Gasteiger partial charge < -0.3 is 15.0 Å². The predicted octanol–water partition coefficient (Wildman–Crippen LogP) is 4.66. The van der Waals surface area contributed by atoms with Crippen molar-refractivity contribution in [1.29, 1.82) is 0 Å². The van der Waals surface area contributed by atoms with Crippen LogP contribution in [-0.2, 0) is 11.2 Å². The van der Waals surface area contributed by atoms with Gasteiger partial charge in [0.25, 0.3) is 11.8 Å². The summed E-state index contributed by atoms with van der Waals surface area (Å²) >= 11 is 3.47. The van der Waals surface area contributed by atoms with Crippen molar-refractivity contribution in [3.63, 3.8) is 0 Å². The Morgan fingerprint density at radius 2 is 1.89 bits per heavy atom. The minimum atomic E-state index is -0.269. The summed E-state index contributed by atoms with van der Waals surface area (Å²) in [6.45, 7) is 3.58. The molecular weight excluding hydrogens is 420 g/mol. The van der Waals surface area contributed by atoms with Gasteiger partial charge in [0.15, 0.2) is 6.61 Å². The molecule has 1 saturated heterocycles. The molecule has 1 aliphatic rings. The van der Waals surface area contributed by atoms with Gasteiger partial charge in [0.2, 0.25) is 0 Å². The van der Waals surface area contributed by atoms with Crippen molar-refractivity contribution < 1.29 is 14.3 Å². The van der Waals surface area contributed by atoms with E-state index in [-0.39, 0.29) is 18.4 Å². The van der Waals surface area contributed by atoms with E-state index < -0.39 is 0 Å². The van der Waals surface area contributed by atoms with Gasteiger partial charge in [0, 0.05) is 24.3 Å². The number of rotatable bonds is 6. The van der Waals surface area contributed by atoms with Crippen LogP contribution < -0.4 is 10.1 Å². The Hall–Kier alpha value is -2.34. The number of piperidine rings is 1. The number of carbonyl (C=O) groups excluding carboxylic acids is 2. The van der Waals surface area contributed by atoms with E-state index in [0.717, 1.165) is 36.8 Å². The second kappa shape index (κ2) is 9.73. The van der Waals surface area contributed by atoms with Crippen LogP contribution in [0.1, 0.15) is 42.1 Å². The Morgan fingerprint density at radius 1 is 1.11 bits per heavy atom. The molecule has 1 heterocycles. The molecule has 2 aromatic rings. The second-order valence-electron chi connectivity index (χ2n) is 6.89. The Kier molecular flexibility index (Phi) is 7.09. The Labute approximate surface area is 174 Å². The van der Waals surface area contributed by atoms with E-state index in [9.17, 15) is 9.59 Å². The summed E-state index contributed by atoms with van der Waals surface area (Å²) in [7, 11) is 0. The summed E-state index contributed by atoms with van der Waals surface area (Å²) in [5.41, 5.74) is 2.38. The zero-order valence-electron chi connectivity index (χ0n) is 16.0. The molecule has 0 radical (unpaired) electrons. The van der Waals surface area contributed by atoms with Crippen LogP contribution in [0.3, 0.4) is 0 Å². The number of nitrogens with one attached hydrogen (secondary N) is 1. The molecule has 2 aromatic carbocycles. The van der Waals surface area contributed by atoms with Crippen molar-refractivity contribution in [2.75, 3.05) is 25.0 Å². The van der Waals surface area contributed by atoms with Crippen molar-refractivity contribution in [3.05, 3.63) is 58.1 Å². The molecule has 5 nitrogen and oxygen atoms in total. The first-order valence-electron chi connectivity index (χ1n) is 9.67. The molecular formula is C22H25BrN2O3. The van der Waals surface area contributed by atoms with E-state index in [1.54, 1.807) is 24.3 Å². The van der Waals surface area contributed by atoms with Crippen LogP contribution in [0.4, 0.5) is 5.69 Å². The third kappa shape index (κ3) is 5.35. The zero-order valence-corrected chi connectivity index (χ0v) is 17.6. The normalized spacial score (nSPS) is 13.9. The monoisotopic (exact) mass is 444 g/mol. The minimum absolute atomic E-state index is 0.0204. The van der Waals surface area contributed by atoms with Crippen molar-refractivity contribution >= 4 is 33.4 Å². The van der Waals surface area contributed by atoms with Crippen molar-refractivity contribution in [2.24, 2.45) is 0 Å². The number of likely N-dealkylation sites (tertiary alicyclic amines) is 1. The predicted molar refractivity (Wildman–Crippen MR) is 114 cm³/mol. The van der Waals surface area contributed by atoms with Gasteiger partial charge in [-0.15, -0.1) is 0 Å². The van der Waals surface area contributed by atoms with Gasteiger partial charge in [-0.25, -0.2) is 0 Å². The lowest BCUT2D eigenvalue weighted by atomic mass is 10.1. The van der Waals surface area contributed by atoms with E-state index in [2.05, 4.69) is 28.2 Å². The fourth-order valence-electron chi connectivity index (χ4n) is 3.23. The lowest BCUT2D eigenvalue weighted by Gasteiger charge is -2.26. The largest absolute Gasteiger partial charge is 0.483 e. The number of ether oxygens (including phenoxy) is 1. The van der Waals surface area contributed by atoms with Crippen LogP contribution in [0.25, 0.3) is 0 Å². The molecule has 1 fully saturated rings. The van der Waals surface area contributed by atoms with Crippen LogP contribution in [0, 0.1) is 0 Å². The van der Waals surface area contributed by atoms with E-state index in [1.165, 1.54) is 12.0 Å². The molecule has 0 saturated carbocycles. The van der Waals surface area contributed by atoms with Gasteiger partial charge in [-0.1, -0.05) is 19.1 Å². The summed E-state index contributed by atoms with van der Waals surface area (Å²) in [6, 6.07) is 12.9. The SMILES string of the molecule is CCc1ccc(OCC(=O)Nc2cccc(C(=O)N3CCCCC3)c2)c(Br)c1. The molecule has 2 amide bonds. The highest BCUT2D eigenvalue weighted by atomic mass is 79.9. The standard InChI is InChI=1S/C22H25BrN2O3/c1-2-16-9-10-20(19(23)13-16)28-15-21(26)24-18-8-6-7-17(14-18)22(27)25-11-4-3-5-12-25/h6-10,13-14H,2-5,11-12,15H2,1H3,(H,24,26). The van der Waals surface area contributed by atoms with E-state index >= 15 is 0 Å². The first kappa shape index (κ1) is 20.4. The van der Waals surface area contributed by atoms with Gasteiger partial charge in [-0.3, -0.25) is 9.59 Å². The molecule has 3 rings (SSSR count). The number of benzene rings is 2. The zero-order chi connectivity index (χ0) is 19.9. The average Bonchev–Trinajstić information content (AvgIpc) is 2.73. The number of carbonyl (C=O) groups is 2. The van der Waals surface area contributed by atoms with Crippen molar-refractivity contribution in [2.45, 2.75) is 32.6 Å². The maximum atomic E-state index is 12.6. The molecule has 0 unspecified atom stereocenters. The van der Waals surface area contributed by atoms with Gasteiger partial charge >= 0.3 is 0 Å². The smallest absolute Gasteiger partial charge is 0.262 e. The number of anilines is 1. The van der Waals surface area contributed by atoms with Gasteiger partial charge in [0.1, 0.15) is 5.75 Å². The van der Waals surface area contributed by atoms with Crippen LogP contribution >= 0.6 is 15.9 Å². The molecule has 0 atom stereocenters. The third-order valence-corrected chi connectivity index (χ3v) is 5.42. The molecule has 0 spiro atoms. The second-order valence-corrected chi connectivity index (χ2v) is 7.74. The van der Waals surface area contributed by atoms with Crippen molar-refractivity contribution in [1.82, 2.24) is 4.90 Å². The molecule has 1 N–H and O–H groups in total. The molecule has 148 valence electrons. The lowest BCUT2D eigenvalue weighted by Crippen LogP contribution is -2.35. The number of hydrogen-bond acceptors (Lipinski definition) is 3. The van der Waals surface area contributed by atoms with Crippen molar-refractivity contribution in [3.8, 4) is 5.75 Å². The molecule has 0 bridgehead atoms.